The van der Waals surface area contributed by atoms with Crippen LogP contribution in [0.25, 0.3) is 6.08 Å². The molecule has 45 heavy (non-hydrogen) atoms. The molecule has 2 fully saturated rings. The summed E-state index contributed by atoms with van der Waals surface area (Å²) in [7, 11) is 1.26. The number of hydrogen-bond acceptors (Lipinski definition) is 11. The molecule has 2 aromatic heterocycles. The van der Waals surface area contributed by atoms with E-state index in [0.29, 0.717) is 59.1 Å². The summed E-state index contributed by atoms with van der Waals surface area (Å²) in [6.45, 7) is 5.13. The Morgan fingerprint density at radius 1 is 1.20 bits per heavy atom. The van der Waals surface area contributed by atoms with Crippen molar-refractivity contribution in [3.05, 3.63) is 79.9 Å². The molecule has 15 heteroatoms. The molecule has 2 amide bonds. The first-order valence-electron chi connectivity index (χ1n) is 14.1. The van der Waals surface area contributed by atoms with Crippen molar-refractivity contribution < 1.29 is 27.9 Å². The van der Waals surface area contributed by atoms with Gasteiger partial charge >= 0.3 is 12.0 Å². The number of aliphatic imine (C=N–C) groups is 1. The van der Waals surface area contributed by atoms with Gasteiger partial charge in [0.05, 0.1) is 31.0 Å². The summed E-state index contributed by atoms with van der Waals surface area (Å²) in [4.78, 5) is 57.2. The third kappa shape index (κ3) is 6.02. The van der Waals surface area contributed by atoms with Gasteiger partial charge < -0.3 is 15.0 Å². The van der Waals surface area contributed by atoms with Gasteiger partial charge in [0.2, 0.25) is 0 Å². The number of fused-ring (bicyclic) bond motifs is 1. The number of allylic oxidation sites excluding steroid dienone is 1. The largest absolute Gasteiger partial charge is 0.466 e. The number of esters is 1. The maximum absolute atomic E-state index is 14.7. The zero-order valence-electron chi connectivity index (χ0n) is 24.6. The summed E-state index contributed by atoms with van der Waals surface area (Å²) in [5, 5.41) is 8.00. The molecule has 1 N–H and O–H groups in total. The molecule has 2 saturated heterocycles. The third-order valence-corrected chi connectivity index (χ3v) is 9.55. The van der Waals surface area contributed by atoms with E-state index < -0.39 is 23.6 Å². The van der Waals surface area contributed by atoms with Gasteiger partial charge in [-0.15, -0.1) is 22.7 Å². The number of ether oxygens (including phenoxy) is 1. The molecule has 3 aliphatic heterocycles. The van der Waals surface area contributed by atoms with Crippen molar-refractivity contribution in [1.82, 2.24) is 25.1 Å². The van der Waals surface area contributed by atoms with E-state index in [-0.39, 0.29) is 35.5 Å². The average Bonchev–Trinajstić information content (AvgIpc) is 3.79. The second-order valence-electron chi connectivity index (χ2n) is 10.8. The van der Waals surface area contributed by atoms with Gasteiger partial charge in [-0.25, -0.2) is 28.3 Å². The van der Waals surface area contributed by atoms with E-state index in [2.05, 4.69) is 20.2 Å². The lowest BCUT2D eigenvalue weighted by molar-refractivity contribution is -0.136. The van der Waals surface area contributed by atoms with Crippen molar-refractivity contribution in [2.45, 2.75) is 25.9 Å². The minimum absolute atomic E-state index is 0.0465. The number of nitrogens with zero attached hydrogens (tertiary/aromatic N) is 6. The number of piperazine rings is 1. The molecule has 1 aromatic carbocycles. The van der Waals surface area contributed by atoms with Crippen molar-refractivity contribution in [1.29, 1.82) is 0 Å². The summed E-state index contributed by atoms with van der Waals surface area (Å²) < 4.78 is 34.0. The number of halogens is 2. The number of ketones is 1. The second-order valence-corrected chi connectivity index (χ2v) is 12.5. The van der Waals surface area contributed by atoms with Crippen LogP contribution in [0.15, 0.2) is 51.4 Å². The molecule has 3 aromatic rings. The Balaban J connectivity index is 1.28. The number of methoxy groups -OCH3 is 1. The molecule has 0 unspecified atom stereocenters. The Morgan fingerprint density at radius 2 is 2.02 bits per heavy atom. The van der Waals surface area contributed by atoms with Crippen LogP contribution in [-0.4, -0.2) is 89.3 Å². The number of benzene rings is 1. The lowest BCUT2D eigenvalue weighted by atomic mass is 9.92. The number of urea groups is 1. The molecule has 0 spiro atoms. The van der Waals surface area contributed by atoms with Crippen molar-refractivity contribution >= 4 is 57.5 Å². The fourth-order valence-corrected chi connectivity index (χ4v) is 7.07. The second kappa shape index (κ2) is 12.6. The standard InChI is InChI=1S/C30H29F2N7O4S2/c1-16(40)4-5-18-15-45-29(34-18)39-13-19-12-37(9-10-38(19)30(39)42)14-22-23(28(41)43-3)25(20-6-7-21(31)24(32)17(20)2)36-26(35-22)27-33-8-11-44-27/h4-8,11,15,19,25H,9-10,12-14H2,1-3H3,(H,35,36)/b5-4+/t19-,25-/m0/s1. The maximum Gasteiger partial charge on any atom is 0.338 e. The number of thiazole rings is 2. The third-order valence-electron chi connectivity index (χ3n) is 7.89. The molecule has 11 nitrogen and oxygen atoms in total. The highest BCUT2D eigenvalue weighted by Gasteiger charge is 2.43. The van der Waals surface area contributed by atoms with Crippen molar-refractivity contribution in [3.8, 4) is 0 Å². The predicted octanol–water partition coefficient (Wildman–Crippen LogP) is 3.93. The van der Waals surface area contributed by atoms with E-state index in [1.54, 1.807) is 27.9 Å². The quantitative estimate of drug-likeness (QED) is 0.287. The van der Waals surface area contributed by atoms with E-state index >= 15 is 0 Å². The molecular weight excluding hydrogens is 625 g/mol. The fraction of sp³-hybridized carbons (Fsp3) is 0.333. The molecule has 5 heterocycles. The summed E-state index contributed by atoms with van der Waals surface area (Å²) in [5.74, 6) is -2.32. The minimum atomic E-state index is -1.00. The van der Waals surface area contributed by atoms with Gasteiger partial charge in [-0.1, -0.05) is 6.07 Å². The van der Waals surface area contributed by atoms with Crippen LogP contribution in [0.3, 0.4) is 0 Å². The minimum Gasteiger partial charge on any atom is -0.466 e. The lowest BCUT2D eigenvalue weighted by Crippen LogP contribution is -2.53. The van der Waals surface area contributed by atoms with Crippen LogP contribution in [0.4, 0.5) is 18.7 Å². The normalized spacial score (nSPS) is 20.5. The Labute approximate surface area is 265 Å². The number of aromatic nitrogens is 2. The van der Waals surface area contributed by atoms with Crippen LogP contribution < -0.4 is 10.2 Å². The number of amides is 2. The molecule has 0 aliphatic carbocycles. The molecule has 0 bridgehead atoms. The van der Waals surface area contributed by atoms with Crippen LogP contribution in [-0.2, 0) is 14.3 Å². The van der Waals surface area contributed by atoms with Crippen LogP contribution in [0.5, 0.6) is 0 Å². The number of nitrogens with one attached hydrogen (secondary N) is 1. The highest BCUT2D eigenvalue weighted by Crippen LogP contribution is 2.36. The smallest absolute Gasteiger partial charge is 0.338 e. The Bertz CT molecular complexity index is 1750. The first-order chi connectivity index (χ1) is 21.6. The Hall–Kier alpha value is -4.34. The SMILES string of the molecule is COC(=O)C1=C(CN2CCN3C(=O)N(c4nc(/C=C/C(C)=O)cs4)C[C@@H]3C2)NC(c2nccs2)=N[C@H]1c1ccc(F)c(F)c1C. The van der Waals surface area contributed by atoms with Gasteiger partial charge in [0.1, 0.15) is 6.04 Å². The summed E-state index contributed by atoms with van der Waals surface area (Å²) in [6, 6.07) is 1.23. The molecular formula is C30H29F2N7O4S2. The number of anilines is 1. The van der Waals surface area contributed by atoms with Gasteiger partial charge in [0, 0.05) is 48.8 Å². The van der Waals surface area contributed by atoms with Crippen molar-refractivity contribution in [2.75, 3.05) is 44.7 Å². The average molecular weight is 654 g/mol. The highest BCUT2D eigenvalue weighted by molar-refractivity contribution is 7.14. The van der Waals surface area contributed by atoms with Crippen LogP contribution in [0.1, 0.15) is 34.8 Å². The van der Waals surface area contributed by atoms with Gasteiger partial charge in [-0.3, -0.25) is 19.6 Å². The van der Waals surface area contributed by atoms with E-state index in [4.69, 9.17) is 9.73 Å². The number of rotatable bonds is 8. The number of carbonyl (C=O) groups is 3. The van der Waals surface area contributed by atoms with Gasteiger partial charge in [0.15, 0.2) is 33.4 Å². The fourth-order valence-electron chi connectivity index (χ4n) is 5.69. The van der Waals surface area contributed by atoms with E-state index in [9.17, 15) is 23.2 Å². The Kier molecular flexibility index (Phi) is 8.57. The lowest BCUT2D eigenvalue weighted by Gasteiger charge is -2.38. The number of amidine groups is 1. The molecule has 234 valence electrons. The molecule has 3 aliphatic rings. The molecule has 2 atom stereocenters. The first kappa shape index (κ1) is 30.7. The van der Waals surface area contributed by atoms with Crippen molar-refractivity contribution in [3.63, 3.8) is 0 Å². The zero-order chi connectivity index (χ0) is 31.8. The molecule has 6 rings (SSSR count). The summed E-state index contributed by atoms with van der Waals surface area (Å²) in [5.41, 5.74) is 1.69. The van der Waals surface area contributed by atoms with Gasteiger partial charge in [0.25, 0.3) is 0 Å². The topological polar surface area (TPSA) is 120 Å². The summed E-state index contributed by atoms with van der Waals surface area (Å²) >= 11 is 2.69. The monoisotopic (exact) mass is 653 g/mol. The first-order valence-corrected chi connectivity index (χ1v) is 15.9. The summed E-state index contributed by atoms with van der Waals surface area (Å²) in [6.07, 6.45) is 4.69. The van der Waals surface area contributed by atoms with Crippen LogP contribution in [0.2, 0.25) is 0 Å². The number of hydrogen-bond donors (Lipinski definition) is 1. The predicted molar refractivity (Wildman–Crippen MR) is 166 cm³/mol. The highest BCUT2D eigenvalue weighted by atomic mass is 32.1. The van der Waals surface area contributed by atoms with Crippen molar-refractivity contribution in [2.24, 2.45) is 4.99 Å². The molecule has 0 radical (unpaired) electrons. The van der Waals surface area contributed by atoms with Crippen LogP contribution in [0, 0.1) is 18.6 Å². The van der Waals surface area contributed by atoms with Gasteiger partial charge in [-0.2, -0.15) is 0 Å². The van der Waals surface area contributed by atoms with Gasteiger partial charge in [-0.05, 0) is 43.2 Å². The van der Waals surface area contributed by atoms with E-state index in [1.807, 2.05) is 4.90 Å². The molecule has 0 saturated carbocycles. The van der Waals surface area contributed by atoms with Crippen LogP contribution >= 0.6 is 22.7 Å². The van der Waals surface area contributed by atoms with E-state index in [0.717, 1.165) is 6.07 Å². The van der Waals surface area contributed by atoms with E-state index in [1.165, 1.54) is 55.8 Å². The number of carbonyl (C=O) groups excluding carboxylic acids is 3. The maximum atomic E-state index is 14.7. The zero-order valence-corrected chi connectivity index (χ0v) is 26.3. The Morgan fingerprint density at radius 3 is 2.76 bits per heavy atom.